The van der Waals surface area contributed by atoms with Crippen LogP contribution in [0.3, 0.4) is 0 Å². The number of rotatable bonds is 8. The summed E-state index contributed by atoms with van der Waals surface area (Å²) in [6, 6.07) is 0. The average Bonchev–Trinajstić information content (AvgIpc) is 3.10. The topological polar surface area (TPSA) is 77.2 Å². The molecule has 1 rings (SSSR count). The molecule has 0 aromatic heterocycles. The van der Waals surface area contributed by atoms with Crippen LogP contribution >= 0.6 is 0 Å². The fourth-order valence-electron chi connectivity index (χ4n) is 1.64. The molecule has 1 heterocycles. The number of hydrogen-bond acceptors (Lipinski definition) is 5. The van der Waals surface area contributed by atoms with Gasteiger partial charge in [0.1, 0.15) is 0 Å². The van der Waals surface area contributed by atoms with E-state index in [1.54, 1.807) is 0 Å². The Balaban J connectivity index is 0. The van der Waals surface area contributed by atoms with Gasteiger partial charge < -0.3 is 21.0 Å². The molecule has 21 heavy (non-hydrogen) atoms. The van der Waals surface area contributed by atoms with Crippen LogP contribution in [0, 0.1) is 5.92 Å². The number of epoxide rings is 1. The SMILES string of the molecule is CC(C)COCCCC(C)(C)NC(=O)OC(=O)C1CO1.[H-].[Na+]. The number of hydrogen-bond donors (Lipinski definition) is 1. The summed E-state index contributed by atoms with van der Waals surface area (Å²) in [5, 5.41) is 2.68. The molecule has 118 valence electrons. The Labute approximate surface area is 150 Å². The summed E-state index contributed by atoms with van der Waals surface area (Å²) in [6.07, 6.45) is 0.292. The largest absolute Gasteiger partial charge is 1.00 e. The Bertz CT molecular complexity index is 348. The van der Waals surface area contributed by atoms with Gasteiger partial charge in [0.2, 0.25) is 0 Å². The van der Waals surface area contributed by atoms with Crippen LogP contribution in [0.2, 0.25) is 0 Å². The summed E-state index contributed by atoms with van der Waals surface area (Å²) in [5.74, 6) is -0.106. The molecule has 1 amide bonds. The molecule has 0 aromatic rings. The van der Waals surface area contributed by atoms with Crippen molar-refractivity contribution in [2.45, 2.75) is 52.2 Å². The minimum Gasteiger partial charge on any atom is -1.00 e. The number of amides is 1. The summed E-state index contributed by atoms with van der Waals surface area (Å²) in [5.41, 5.74) is -0.442. The van der Waals surface area contributed by atoms with E-state index in [2.05, 4.69) is 23.9 Å². The third-order valence-corrected chi connectivity index (χ3v) is 2.77. The van der Waals surface area contributed by atoms with Crippen molar-refractivity contribution in [3.8, 4) is 0 Å². The third kappa shape index (κ3) is 10.3. The van der Waals surface area contributed by atoms with Crippen LogP contribution in [0.25, 0.3) is 0 Å². The molecule has 0 bridgehead atoms. The maximum absolute atomic E-state index is 11.5. The fourth-order valence-corrected chi connectivity index (χ4v) is 1.64. The average molecular weight is 311 g/mol. The van der Waals surface area contributed by atoms with E-state index < -0.39 is 23.7 Å². The van der Waals surface area contributed by atoms with Crippen molar-refractivity contribution in [1.29, 1.82) is 0 Å². The Morgan fingerprint density at radius 2 is 2.05 bits per heavy atom. The molecular formula is C14H26NNaO5. The maximum atomic E-state index is 11.5. The first-order chi connectivity index (χ1) is 9.30. The van der Waals surface area contributed by atoms with E-state index in [4.69, 9.17) is 9.47 Å². The maximum Gasteiger partial charge on any atom is 1.00 e. The smallest absolute Gasteiger partial charge is 1.00 e. The van der Waals surface area contributed by atoms with E-state index in [0.29, 0.717) is 19.1 Å². The summed E-state index contributed by atoms with van der Waals surface area (Å²) in [4.78, 5) is 22.8. The summed E-state index contributed by atoms with van der Waals surface area (Å²) in [7, 11) is 0. The molecule has 1 aliphatic rings. The van der Waals surface area contributed by atoms with Crippen LogP contribution in [0.1, 0.15) is 42.0 Å². The number of carbonyl (C=O) groups excluding carboxylic acids is 2. The van der Waals surface area contributed by atoms with Crippen molar-refractivity contribution < 1.29 is 54.8 Å². The molecule has 7 heteroatoms. The second-order valence-corrected chi connectivity index (χ2v) is 6.11. The predicted octanol–water partition coefficient (Wildman–Crippen LogP) is -1.01. The van der Waals surface area contributed by atoms with Crippen molar-refractivity contribution in [2.24, 2.45) is 5.92 Å². The molecule has 0 spiro atoms. The number of alkyl carbamates (subject to hydrolysis) is 1. The van der Waals surface area contributed by atoms with Crippen molar-refractivity contribution in [2.75, 3.05) is 19.8 Å². The Hall–Kier alpha value is -0.140. The van der Waals surface area contributed by atoms with Crippen molar-refractivity contribution in [1.82, 2.24) is 5.32 Å². The van der Waals surface area contributed by atoms with Gasteiger partial charge in [0.05, 0.1) is 6.61 Å². The van der Waals surface area contributed by atoms with Crippen LogP contribution < -0.4 is 34.9 Å². The standard InChI is InChI=1S/C14H25NO5.Na.H/c1-10(2)8-18-7-5-6-14(3,4)15-13(17)20-12(16)11-9-19-11;;/h10-11H,5-9H2,1-4H3,(H,15,17);;/q;+1;-1. The second-order valence-electron chi connectivity index (χ2n) is 6.11. The summed E-state index contributed by atoms with van der Waals surface area (Å²) in [6.45, 7) is 9.70. The normalized spacial score (nSPS) is 17.1. The zero-order chi connectivity index (χ0) is 15.2. The number of nitrogens with one attached hydrogen (secondary N) is 1. The van der Waals surface area contributed by atoms with E-state index in [1.807, 2.05) is 13.8 Å². The molecule has 6 nitrogen and oxygen atoms in total. The quantitative estimate of drug-likeness (QED) is 0.204. The van der Waals surface area contributed by atoms with Gasteiger partial charge >= 0.3 is 41.6 Å². The van der Waals surface area contributed by atoms with Gasteiger partial charge in [0.25, 0.3) is 0 Å². The van der Waals surface area contributed by atoms with Gasteiger partial charge in [-0.3, -0.25) is 0 Å². The number of carbonyl (C=O) groups is 2. The van der Waals surface area contributed by atoms with E-state index in [0.717, 1.165) is 19.4 Å². The molecule has 1 N–H and O–H groups in total. The molecule has 1 saturated heterocycles. The van der Waals surface area contributed by atoms with E-state index in [-0.39, 0.29) is 31.0 Å². The molecule has 1 unspecified atom stereocenters. The van der Waals surface area contributed by atoms with Crippen molar-refractivity contribution >= 4 is 12.1 Å². The molecular weight excluding hydrogens is 285 g/mol. The van der Waals surface area contributed by atoms with Gasteiger partial charge in [-0.25, -0.2) is 9.59 Å². The minimum absolute atomic E-state index is 0. The van der Waals surface area contributed by atoms with Gasteiger partial charge in [-0.2, -0.15) is 0 Å². The van der Waals surface area contributed by atoms with Gasteiger partial charge in [0, 0.05) is 18.8 Å². The van der Waals surface area contributed by atoms with Crippen molar-refractivity contribution in [3.05, 3.63) is 0 Å². The third-order valence-electron chi connectivity index (χ3n) is 2.77. The van der Waals surface area contributed by atoms with Gasteiger partial charge in [-0.1, -0.05) is 13.8 Å². The predicted molar refractivity (Wildman–Crippen MR) is 74.4 cm³/mol. The zero-order valence-corrected chi connectivity index (χ0v) is 15.7. The van der Waals surface area contributed by atoms with Crippen molar-refractivity contribution in [3.63, 3.8) is 0 Å². The second kappa shape index (κ2) is 9.79. The van der Waals surface area contributed by atoms with Gasteiger partial charge in [0.15, 0.2) is 6.10 Å². The van der Waals surface area contributed by atoms with Crippen LogP contribution in [0.4, 0.5) is 4.79 Å². The Morgan fingerprint density at radius 1 is 1.43 bits per heavy atom. The number of esters is 1. The molecule has 1 fully saturated rings. The monoisotopic (exact) mass is 311 g/mol. The zero-order valence-electron chi connectivity index (χ0n) is 14.7. The van der Waals surface area contributed by atoms with Gasteiger partial charge in [-0.05, 0) is 32.6 Å². The molecule has 0 aliphatic carbocycles. The van der Waals surface area contributed by atoms with Gasteiger partial charge in [-0.15, -0.1) is 0 Å². The van der Waals surface area contributed by atoms with Crippen LogP contribution in [-0.2, 0) is 19.0 Å². The molecule has 0 aromatic carbocycles. The Morgan fingerprint density at radius 3 is 2.57 bits per heavy atom. The first kappa shape index (κ1) is 20.9. The summed E-state index contributed by atoms with van der Waals surface area (Å²) >= 11 is 0. The molecule has 1 aliphatic heterocycles. The minimum atomic E-state index is -0.724. The van der Waals surface area contributed by atoms with E-state index in [1.165, 1.54) is 0 Å². The number of ether oxygens (including phenoxy) is 3. The molecule has 0 radical (unpaired) electrons. The first-order valence-corrected chi connectivity index (χ1v) is 7.03. The van der Waals surface area contributed by atoms with Crippen LogP contribution in [0.15, 0.2) is 0 Å². The van der Waals surface area contributed by atoms with E-state index in [9.17, 15) is 9.59 Å². The fraction of sp³-hybridized carbons (Fsp3) is 0.857. The molecule has 0 saturated carbocycles. The Kier molecular flexibility index (Phi) is 9.73. The van der Waals surface area contributed by atoms with Crippen LogP contribution in [0.5, 0.6) is 0 Å². The van der Waals surface area contributed by atoms with E-state index >= 15 is 0 Å². The first-order valence-electron chi connectivity index (χ1n) is 7.03. The molecule has 1 atom stereocenters. The van der Waals surface area contributed by atoms with Crippen LogP contribution in [-0.4, -0.2) is 43.5 Å². The summed E-state index contributed by atoms with van der Waals surface area (Å²) < 4.78 is 14.9.